The fourth-order valence-corrected chi connectivity index (χ4v) is 1.29. The van der Waals surface area contributed by atoms with Crippen LogP contribution in [0.2, 0.25) is 0 Å². The van der Waals surface area contributed by atoms with Gasteiger partial charge in [-0.2, -0.15) is 0 Å². The quantitative estimate of drug-likeness (QED) is 0.565. The van der Waals surface area contributed by atoms with E-state index in [1.165, 1.54) is 0 Å². The summed E-state index contributed by atoms with van der Waals surface area (Å²) < 4.78 is 10.6. The van der Waals surface area contributed by atoms with Crippen LogP contribution >= 0.6 is 0 Å². The van der Waals surface area contributed by atoms with E-state index in [0.29, 0.717) is 39.3 Å². The van der Waals surface area contributed by atoms with Crippen LogP contribution in [0.4, 0.5) is 0 Å². The summed E-state index contributed by atoms with van der Waals surface area (Å²) in [6, 6.07) is 0. The molecule has 0 N–H and O–H groups in total. The van der Waals surface area contributed by atoms with Gasteiger partial charge in [0.1, 0.15) is 11.6 Å². The smallest absolute Gasteiger partial charge is 0.140 e. The molecular formula is C14H26O4. The van der Waals surface area contributed by atoms with E-state index in [2.05, 4.69) is 0 Å². The number of carbonyl (C=O) groups excluding carboxylic acids is 2. The van der Waals surface area contributed by atoms with Crippen molar-refractivity contribution in [3.05, 3.63) is 0 Å². The predicted octanol–water partition coefficient (Wildman–Crippen LogP) is 2.39. The van der Waals surface area contributed by atoms with Gasteiger partial charge in [-0.05, 0) is 13.3 Å². The van der Waals surface area contributed by atoms with Crippen LogP contribution < -0.4 is 0 Å². The minimum atomic E-state index is -0.285. The molecule has 4 nitrogen and oxygen atoms in total. The van der Waals surface area contributed by atoms with Crippen molar-refractivity contribution >= 4 is 11.6 Å². The third kappa shape index (κ3) is 10.4. The maximum Gasteiger partial charge on any atom is 0.140 e. The first-order valence-corrected chi connectivity index (χ1v) is 6.52. The van der Waals surface area contributed by atoms with Gasteiger partial charge in [-0.3, -0.25) is 4.79 Å². The summed E-state index contributed by atoms with van der Waals surface area (Å²) in [5, 5.41) is 0. The van der Waals surface area contributed by atoms with Gasteiger partial charge < -0.3 is 14.3 Å². The molecule has 0 saturated carbocycles. The van der Waals surface area contributed by atoms with Crippen LogP contribution in [-0.2, 0) is 19.1 Å². The fraction of sp³-hybridized carbons (Fsp3) is 0.857. The molecule has 0 aromatic heterocycles. The summed E-state index contributed by atoms with van der Waals surface area (Å²) in [6.07, 6.45) is 1.78. The van der Waals surface area contributed by atoms with Gasteiger partial charge in [0.05, 0.1) is 19.8 Å². The first-order valence-electron chi connectivity index (χ1n) is 6.52. The lowest BCUT2D eigenvalue weighted by Gasteiger charge is -2.16. The summed E-state index contributed by atoms with van der Waals surface area (Å²) >= 11 is 0. The van der Waals surface area contributed by atoms with Gasteiger partial charge in [0.25, 0.3) is 0 Å². The van der Waals surface area contributed by atoms with Crippen molar-refractivity contribution in [3.63, 3.8) is 0 Å². The summed E-state index contributed by atoms with van der Waals surface area (Å²) in [5.41, 5.74) is -0.285. The molecular weight excluding hydrogens is 232 g/mol. The van der Waals surface area contributed by atoms with E-state index in [1.807, 2.05) is 20.8 Å². The monoisotopic (exact) mass is 258 g/mol. The van der Waals surface area contributed by atoms with E-state index >= 15 is 0 Å². The molecule has 0 rings (SSSR count). The fourth-order valence-electron chi connectivity index (χ4n) is 1.29. The average Bonchev–Trinajstić information content (AvgIpc) is 2.24. The number of rotatable bonds is 10. The zero-order chi connectivity index (χ0) is 14.0. The van der Waals surface area contributed by atoms with E-state index in [1.54, 1.807) is 6.92 Å². The van der Waals surface area contributed by atoms with Gasteiger partial charge in [-0.15, -0.1) is 0 Å². The Balaban J connectivity index is 3.27. The first-order chi connectivity index (χ1) is 8.34. The van der Waals surface area contributed by atoms with Crippen LogP contribution in [0.25, 0.3) is 0 Å². The minimum Gasteiger partial charge on any atom is -0.379 e. The Morgan fingerprint density at radius 2 is 1.44 bits per heavy atom. The molecule has 0 fully saturated rings. The largest absolute Gasteiger partial charge is 0.379 e. The van der Waals surface area contributed by atoms with Crippen molar-refractivity contribution in [2.24, 2.45) is 5.41 Å². The van der Waals surface area contributed by atoms with E-state index in [9.17, 15) is 9.59 Å². The standard InChI is InChI=1S/C14H26O4/c1-12(15)6-5-8-17-10-11-18-9-7-13(16)14(2,3)4/h5-11H2,1-4H3. The number of carbonyl (C=O) groups is 2. The number of ketones is 2. The molecule has 0 aromatic carbocycles. The second kappa shape index (κ2) is 9.22. The van der Waals surface area contributed by atoms with E-state index in [4.69, 9.17) is 9.47 Å². The second-order valence-corrected chi connectivity index (χ2v) is 5.45. The molecule has 18 heavy (non-hydrogen) atoms. The number of hydrogen-bond acceptors (Lipinski definition) is 4. The highest BCUT2D eigenvalue weighted by Gasteiger charge is 2.20. The third-order valence-corrected chi connectivity index (χ3v) is 2.50. The van der Waals surface area contributed by atoms with E-state index in [0.717, 1.165) is 6.42 Å². The molecule has 0 bridgehead atoms. The van der Waals surface area contributed by atoms with Crippen molar-refractivity contribution in [2.75, 3.05) is 26.4 Å². The van der Waals surface area contributed by atoms with Crippen molar-refractivity contribution in [3.8, 4) is 0 Å². The SMILES string of the molecule is CC(=O)CCCOCCOCCC(=O)C(C)(C)C. The molecule has 0 aromatic rings. The van der Waals surface area contributed by atoms with Gasteiger partial charge in [0.15, 0.2) is 0 Å². The molecule has 0 aliphatic carbocycles. The molecule has 0 unspecified atom stereocenters. The summed E-state index contributed by atoms with van der Waals surface area (Å²) in [6.45, 7) is 9.36. The minimum absolute atomic E-state index is 0.190. The topological polar surface area (TPSA) is 52.6 Å². The molecule has 0 saturated heterocycles. The van der Waals surface area contributed by atoms with Crippen LogP contribution in [0, 0.1) is 5.41 Å². The highest BCUT2D eigenvalue weighted by Crippen LogP contribution is 2.16. The van der Waals surface area contributed by atoms with Crippen molar-refractivity contribution in [2.45, 2.75) is 47.0 Å². The predicted molar refractivity (Wildman–Crippen MR) is 70.6 cm³/mol. The van der Waals surface area contributed by atoms with Crippen molar-refractivity contribution < 1.29 is 19.1 Å². The molecule has 0 aliphatic rings. The molecule has 4 heteroatoms. The summed E-state index contributed by atoms with van der Waals surface area (Å²) in [4.78, 5) is 22.2. The van der Waals surface area contributed by atoms with Crippen LogP contribution in [0.5, 0.6) is 0 Å². The number of Topliss-reactive ketones (excluding diaryl/α,β-unsaturated/α-hetero) is 2. The Morgan fingerprint density at radius 3 is 1.94 bits per heavy atom. The van der Waals surface area contributed by atoms with Crippen molar-refractivity contribution in [1.82, 2.24) is 0 Å². The highest BCUT2D eigenvalue weighted by molar-refractivity contribution is 5.83. The van der Waals surface area contributed by atoms with Crippen LogP contribution in [0.1, 0.15) is 47.0 Å². The van der Waals surface area contributed by atoms with Crippen LogP contribution in [-0.4, -0.2) is 38.0 Å². The molecule has 106 valence electrons. The van der Waals surface area contributed by atoms with Crippen molar-refractivity contribution in [1.29, 1.82) is 0 Å². The third-order valence-electron chi connectivity index (χ3n) is 2.50. The summed E-state index contributed by atoms with van der Waals surface area (Å²) in [7, 11) is 0. The Labute approximate surface area is 110 Å². The van der Waals surface area contributed by atoms with Crippen LogP contribution in [0.15, 0.2) is 0 Å². The highest BCUT2D eigenvalue weighted by atomic mass is 16.5. The normalized spacial score (nSPS) is 11.6. The van der Waals surface area contributed by atoms with Gasteiger partial charge in [0.2, 0.25) is 0 Å². The Kier molecular flexibility index (Phi) is 8.85. The maximum atomic E-state index is 11.6. The lowest BCUT2D eigenvalue weighted by molar-refractivity contribution is -0.127. The molecule has 0 spiro atoms. The zero-order valence-corrected chi connectivity index (χ0v) is 12.1. The molecule has 0 amide bonds. The Morgan fingerprint density at radius 1 is 0.889 bits per heavy atom. The van der Waals surface area contributed by atoms with Crippen LogP contribution in [0.3, 0.4) is 0 Å². The van der Waals surface area contributed by atoms with Gasteiger partial charge >= 0.3 is 0 Å². The van der Waals surface area contributed by atoms with Gasteiger partial charge in [0, 0.05) is 24.9 Å². The van der Waals surface area contributed by atoms with E-state index in [-0.39, 0.29) is 17.0 Å². The molecule has 0 aliphatic heterocycles. The van der Waals surface area contributed by atoms with Gasteiger partial charge in [-0.25, -0.2) is 0 Å². The lowest BCUT2D eigenvalue weighted by atomic mass is 9.89. The van der Waals surface area contributed by atoms with E-state index < -0.39 is 0 Å². The Bertz CT molecular complexity index is 253. The number of hydrogen-bond donors (Lipinski definition) is 0. The lowest BCUT2D eigenvalue weighted by Crippen LogP contribution is -2.21. The Hall–Kier alpha value is -0.740. The first kappa shape index (κ1) is 17.3. The average molecular weight is 258 g/mol. The summed E-state index contributed by atoms with van der Waals surface area (Å²) in [5.74, 6) is 0.403. The molecule has 0 radical (unpaired) electrons. The second-order valence-electron chi connectivity index (χ2n) is 5.45. The molecule has 0 heterocycles. The zero-order valence-electron chi connectivity index (χ0n) is 12.1. The number of ether oxygens (including phenoxy) is 2. The van der Waals surface area contributed by atoms with Gasteiger partial charge in [-0.1, -0.05) is 20.8 Å². The molecule has 0 atom stereocenters. The maximum absolute atomic E-state index is 11.6.